The summed E-state index contributed by atoms with van der Waals surface area (Å²) >= 11 is 0. The van der Waals surface area contributed by atoms with Crippen LogP contribution in [0.5, 0.6) is 5.75 Å². The second kappa shape index (κ2) is 9.92. The van der Waals surface area contributed by atoms with Gasteiger partial charge in [-0.1, -0.05) is 38.0 Å². The van der Waals surface area contributed by atoms with Crippen LogP contribution in [0.4, 0.5) is 17.6 Å². The van der Waals surface area contributed by atoms with Crippen molar-refractivity contribution in [2.45, 2.75) is 76.2 Å². The number of carbonyl (C=O) groups is 1. The van der Waals surface area contributed by atoms with Crippen molar-refractivity contribution in [3.8, 4) is 5.75 Å². The van der Waals surface area contributed by atoms with Gasteiger partial charge in [0.2, 0.25) is 5.82 Å². The molecule has 35 heavy (non-hydrogen) atoms. The van der Waals surface area contributed by atoms with Gasteiger partial charge in [0.1, 0.15) is 6.10 Å². The van der Waals surface area contributed by atoms with E-state index < -0.39 is 40.9 Å². The lowest BCUT2D eigenvalue weighted by molar-refractivity contribution is -0.140. The van der Waals surface area contributed by atoms with Crippen molar-refractivity contribution < 1.29 is 31.8 Å². The molecule has 3 aliphatic rings. The van der Waals surface area contributed by atoms with Gasteiger partial charge in [-0.3, -0.25) is 4.79 Å². The molecule has 2 saturated carbocycles. The molecule has 188 valence electrons. The van der Waals surface area contributed by atoms with Crippen molar-refractivity contribution in [2.75, 3.05) is 6.61 Å². The van der Waals surface area contributed by atoms with Crippen LogP contribution in [0.3, 0.4) is 0 Å². The van der Waals surface area contributed by atoms with E-state index in [1.54, 1.807) is 12.1 Å². The lowest BCUT2D eigenvalue weighted by atomic mass is 9.78. The summed E-state index contributed by atoms with van der Waals surface area (Å²) in [4.78, 5) is 12.7. The minimum atomic E-state index is -1.12. The van der Waals surface area contributed by atoms with E-state index in [0.29, 0.717) is 49.3 Å². The van der Waals surface area contributed by atoms with Crippen LogP contribution >= 0.6 is 0 Å². The van der Waals surface area contributed by atoms with Crippen LogP contribution < -0.4 is 4.74 Å². The van der Waals surface area contributed by atoms with Gasteiger partial charge in [0.05, 0.1) is 12.5 Å². The molecule has 2 aromatic rings. The Bertz CT molecular complexity index is 1100. The molecule has 0 spiro atoms. The highest BCUT2D eigenvalue weighted by Crippen LogP contribution is 2.41. The summed E-state index contributed by atoms with van der Waals surface area (Å²) in [6.45, 7) is 2.56. The maximum absolute atomic E-state index is 14.8. The first-order valence-electron chi connectivity index (χ1n) is 12.6. The van der Waals surface area contributed by atoms with E-state index >= 15 is 0 Å². The van der Waals surface area contributed by atoms with Crippen LogP contribution in [-0.4, -0.2) is 12.6 Å². The molecular formula is C28H30F4O3. The Balaban J connectivity index is 1.20. The fourth-order valence-corrected chi connectivity index (χ4v) is 5.71. The number of epoxide rings is 1. The molecule has 5 rings (SSSR count). The highest BCUT2D eigenvalue weighted by molar-refractivity contribution is 5.75. The quantitative estimate of drug-likeness (QED) is 0.189. The molecule has 0 bridgehead atoms. The molecule has 0 aromatic heterocycles. The van der Waals surface area contributed by atoms with Crippen LogP contribution in [0.15, 0.2) is 24.3 Å². The third-order valence-corrected chi connectivity index (χ3v) is 8.07. The summed E-state index contributed by atoms with van der Waals surface area (Å²) in [5.41, 5.74) is 0.893. The van der Waals surface area contributed by atoms with Crippen molar-refractivity contribution in [1.82, 2.24) is 0 Å². The third-order valence-electron chi connectivity index (χ3n) is 8.07. The Morgan fingerprint density at radius 1 is 0.743 bits per heavy atom. The van der Waals surface area contributed by atoms with Crippen LogP contribution in [0.25, 0.3) is 0 Å². The molecule has 2 aromatic carbocycles. The molecule has 7 heteroatoms. The first-order chi connectivity index (χ1) is 16.8. The third kappa shape index (κ3) is 4.97. The molecule has 3 nitrogen and oxygen atoms in total. The number of hydrogen-bond donors (Lipinski definition) is 0. The zero-order valence-electron chi connectivity index (χ0n) is 19.8. The Hall–Kier alpha value is -2.41. The molecule has 2 aliphatic carbocycles. The van der Waals surface area contributed by atoms with Gasteiger partial charge < -0.3 is 9.47 Å². The average Bonchev–Trinajstić information content (AvgIpc) is 3.70. The predicted octanol–water partition coefficient (Wildman–Crippen LogP) is 7.49. The zero-order valence-corrected chi connectivity index (χ0v) is 19.8. The number of carbonyl (C=O) groups excluding carboxylic acids is 1. The van der Waals surface area contributed by atoms with Gasteiger partial charge in [0, 0.05) is 5.56 Å². The van der Waals surface area contributed by atoms with Crippen molar-refractivity contribution in [2.24, 2.45) is 11.8 Å². The molecule has 3 fully saturated rings. The number of benzene rings is 2. The summed E-state index contributed by atoms with van der Waals surface area (Å²) in [6, 6.07) is 6.05. The Morgan fingerprint density at radius 2 is 1.23 bits per heavy atom. The normalized spacial score (nSPS) is 28.5. The standard InChI is InChI=1S/C28H30F4O3/c1-15-2-4-16(5-3-15)20-12-13-22(27(32)25(20)30)35-28(33)18-8-6-17(7-9-18)19-10-11-21(23-14-34-23)26(31)24(19)29/h10-13,15-18,23H,2-9,14H2,1H3. The van der Waals surface area contributed by atoms with Gasteiger partial charge in [-0.15, -0.1) is 0 Å². The van der Waals surface area contributed by atoms with E-state index in [1.807, 2.05) is 0 Å². The van der Waals surface area contributed by atoms with Crippen molar-refractivity contribution in [3.63, 3.8) is 0 Å². The van der Waals surface area contributed by atoms with Gasteiger partial charge >= 0.3 is 5.97 Å². The molecule has 0 N–H and O–H groups in total. The van der Waals surface area contributed by atoms with E-state index in [4.69, 9.17) is 9.47 Å². The highest BCUT2D eigenvalue weighted by atomic mass is 19.2. The number of esters is 1. The van der Waals surface area contributed by atoms with Crippen molar-refractivity contribution >= 4 is 5.97 Å². The SMILES string of the molecule is CC1CCC(c2ccc(OC(=O)C3CCC(c4ccc(C5CO5)c(F)c4F)CC3)c(F)c2F)CC1. The van der Waals surface area contributed by atoms with Gasteiger partial charge in [-0.2, -0.15) is 4.39 Å². The van der Waals surface area contributed by atoms with Gasteiger partial charge in [-0.25, -0.2) is 13.2 Å². The Morgan fingerprint density at radius 3 is 1.83 bits per heavy atom. The lowest BCUT2D eigenvalue weighted by Crippen LogP contribution is -2.26. The van der Waals surface area contributed by atoms with Crippen LogP contribution in [0.2, 0.25) is 0 Å². The van der Waals surface area contributed by atoms with Gasteiger partial charge in [-0.05, 0) is 73.5 Å². The average molecular weight is 491 g/mol. The fraction of sp³-hybridized carbons (Fsp3) is 0.536. The highest BCUT2D eigenvalue weighted by Gasteiger charge is 2.34. The van der Waals surface area contributed by atoms with E-state index in [1.165, 1.54) is 12.1 Å². The number of halogens is 4. The Labute approximate surface area is 202 Å². The van der Waals surface area contributed by atoms with Crippen molar-refractivity contribution in [3.05, 3.63) is 64.2 Å². The van der Waals surface area contributed by atoms with Crippen LogP contribution in [-0.2, 0) is 9.53 Å². The van der Waals surface area contributed by atoms with Gasteiger partial charge in [0.25, 0.3) is 0 Å². The van der Waals surface area contributed by atoms with E-state index in [-0.39, 0.29) is 23.5 Å². The summed E-state index contributed by atoms with van der Waals surface area (Å²) in [6.07, 6.45) is 5.01. The van der Waals surface area contributed by atoms with Gasteiger partial charge in [0.15, 0.2) is 23.2 Å². The molecule has 0 amide bonds. The molecule has 1 atom stereocenters. The van der Waals surface area contributed by atoms with E-state index in [2.05, 4.69) is 6.92 Å². The van der Waals surface area contributed by atoms with Crippen LogP contribution in [0.1, 0.15) is 92.9 Å². The van der Waals surface area contributed by atoms with Crippen LogP contribution in [0, 0.1) is 35.1 Å². The van der Waals surface area contributed by atoms with E-state index in [0.717, 1.165) is 25.7 Å². The molecule has 1 aliphatic heterocycles. The summed E-state index contributed by atoms with van der Waals surface area (Å²) < 4.78 is 68.9. The summed E-state index contributed by atoms with van der Waals surface area (Å²) in [5.74, 6) is -4.92. The second-order valence-corrected chi connectivity index (χ2v) is 10.4. The summed E-state index contributed by atoms with van der Waals surface area (Å²) in [7, 11) is 0. The number of rotatable bonds is 5. The smallest absolute Gasteiger partial charge is 0.314 e. The molecule has 0 radical (unpaired) electrons. The maximum Gasteiger partial charge on any atom is 0.314 e. The first kappa shape index (κ1) is 24.3. The van der Waals surface area contributed by atoms with Crippen molar-refractivity contribution in [1.29, 1.82) is 0 Å². The van der Waals surface area contributed by atoms with E-state index in [9.17, 15) is 22.4 Å². The second-order valence-electron chi connectivity index (χ2n) is 10.4. The largest absolute Gasteiger partial charge is 0.423 e. The minimum absolute atomic E-state index is 0.0168. The minimum Gasteiger partial charge on any atom is -0.423 e. The fourth-order valence-electron chi connectivity index (χ4n) is 5.71. The zero-order chi connectivity index (χ0) is 24.7. The molecule has 1 saturated heterocycles. The monoisotopic (exact) mass is 490 g/mol. The molecule has 1 unspecified atom stereocenters. The maximum atomic E-state index is 14.8. The summed E-state index contributed by atoms with van der Waals surface area (Å²) in [5, 5.41) is 0. The number of ether oxygens (including phenoxy) is 2. The molecular weight excluding hydrogens is 460 g/mol. The Kier molecular flexibility index (Phi) is 6.88. The molecule has 1 heterocycles. The first-order valence-corrected chi connectivity index (χ1v) is 12.6. The topological polar surface area (TPSA) is 38.8 Å². The predicted molar refractivity (Wildman–Crippen MR) is 122 cm³/mol. The lowest BCUT2D eigenvalue weighted by Gasteiger charge is -2.28. The number of hydrogen-bond acceptors (Lipinski definition) is 3.